The summed E-state index contributed by atoms with van der Waals surface area (Å²) in [4.78, 5) is 0. The largest absolute Gasteiger partial charge is 0.458 e. The van der Waals surface area contributed by atoms with Gasteiger partial charge in [-0.2, -0.15) is 0 Å². The van der Waals surface area contributed by atoms with E-state index in [2.05, 4.69) is 217 Å². The molecule has 272 valence electrons. The van der Waals surface area contributed by atoms with Crippen LogP contribution in [-0.4, -0.2) is 26.1 Å². The van der Waals surface area contributed by atoms with Gasteiger partial charge < -0.3 is 9.30 Å². The second-order valence-corrected chi connectivity index (χ2v) is 19.9. The topological polar surface area (TPSA) is 14.2 Å². The number of hydrogen-bond acceptors (Lipinski definition) is 1. The molecule has 2 nitrogen and oxygen atoms in total. The highest BCUT2D eigenvalue weighted by atomic mass is 28.3. The van der Waals surface area contributed by atoms with Crippen molar-refractivity contribution < 1.29 is 4.74 Å². The van der Waals surface area contributed by atoms with Crippen molar-refractivity contribution in [3.05, 3.63) is 212 Å². The number of aromatic nitrogens is 1. The summed E-state index contributed by atoms with van der Waals surface area (Å²) in [6, 6.07) is 79.4. The van der Waals surface area contributed by atoms with Gasteiger partial charge in [0.15, 0.2) is 8.07 Å². The minimum absolute atomic E-state index is 0.0964. The van der Waals surface area contributed by atoms with Crippen LogP contribution in [0.1, 0.15) is 0 Å². The third-order valence-corrected chi connectivity index (χ3v) is 18.5. The van der Waals surface area contributed by atoms with E-state index < -0.39 is 8.07 Å². The fraction of sp³-hybridized carbons (Fsp3) is 0. The van der Waals surface area contributed by atoms with Crippen molar-refractivity contribution in [3.63, 3.8) is 0 Å². The monoisotopic (exact) mass is 763 g/mol. The molecule has 0 N–H and O–H groups in total. The first-order chi connectivity index (χ1) is 29.3. The third kappa shape index (κ3) is 4.48. The second kappa shape index (κ2) is 12.5. The van der Waals surface area contributed by atoms with E-state index in [1.807, 2.05) is 0 Å². The molecule has 10 aromatic rings. The number of para-hydroxylation sites is 3. The quantitative estimate of drug-likeness (QED) is 0.214. The molecule has 0 fully saturated rings. The lowest BCUT2D eigenvalue weighted by Crippen LogP contribution is -2.93. The number of ether oxygens (including phenoxy) is 1. The predicted molar refractivity (Wildman–Crippen MR) is 252 cm³/mol. The average Bonchev–Trinajstić information content (AvgIpc) is 3.64. The number of nitrogens with zero attached hydrogens (tertiary/aromatic N) is 1. The first kappa shape index (κ1) is 33.0. The fourth-order valence-corrected chi connectivity index (χ4v) is 17.0. The summed E-state index contributed by atoms with van der Waals surface area (Å²) >= 11 is 0. The van der Waals surface area contributed by atoms with Crippen LogP contribution < -0.4 is 58.3 Å². The van der Waals surface area contributed by atoms with Crippen LogP contribution in [0.2, 0.25) is 0 Å². The predicted octanol–water partition coefficient (Wildman–Crippen LogP) is 5.59. The van der Waals surface area contributed by atoms with Gasteiger partial charge in [-0.15, -0.1) is 0 Å². The molecule has 0 amide bonds. The van der Waals surface area contributed by atoms with Crippen molar-refractivity contribution >= 4 is 96.8 Å². The number of fused-ring (bicyclic) bond motifs is 13. The molecule has 13 rings (SSSR count). The molecule has 4 heterocycles. The van der Waals surface area contributed by atoms with E-state index in [0.717, 1.165) is 11.5 Å². The number of benzene rings is 9. The van der Waals surface area contributed by atoms with Crippen LogP contribution in [0.5, 0.6) is 11.5 Å². The highest BCUT2D eigenvalue weighted by Gasteiger charge is 2.56. The standard InChI is InChI=1S/C54H35B2NOSi/c1-2-15-39(16-3-1)57-46-22-9-4-17-40(46)41-34-31-37(35-47(41)57)36-29-32-38(33-30-36)55-43-19-6-11-25-50(43)59(51-26-12-7-20-44(51)55)52-27-13-8-21-45(52)56-42-18-5-10-23-48(42)58-49-24-14-28-53(59)54(49)56/h1-35H. The van der Waals surface area contributed by atoms with Crippen LogP contribution in [0.4, 0.5) is 0 Å². The Bertz CT molecular complexity index is 3290. The molecule has 3 aliphatic heterocycles. The van der Waals surface area contributed by atoms with Crippen LogP contribution in [0.25, 0.3) is 38.6 Å². The Hall–Kier alpha value is -7.07. The van der Waals surface area contributed by atoms with Crippen molar-refractivity contribution in [2.75, 3.05) is 0 Å². The van der Waals surface area contributed by atoms with Gasteiger partial charge >= 0.3 is 0 Å². The van der Waals surface area contributed by atoms with E-state index in [4.69, 9.17) is 4.74 Å². The third-order valence-electron chi connectivity index (χ3n) is 13.5. The first-order valence-corrected chi connectivity index (χ1v) is 22.7. The minimum atomic E-state index is -2.82. The molecular weight excluding hydrogens is 728 g/mol. The summed E-state index contributed by atoms with van der Waals surface area (Å²) in [6.45, 7) is 0.220. The summed E-state index contributed by atoms with van der Waals surface area (Å²) < 4.78 is 9.18. The Kier molecular flexibility index (Phi) is 6.96. The Balaban J connectivity index is 0.986. The highest BCUT2D eigenvalue weighted by molar-refractivity contribution is 7.31. The number of rotatable bonds is 3. The lowest BCUT2D eigenvalue weighted by Gasteiger charge is -2.48. The zero-order chi connectivity index (χ0) is 38.7. The van der Waals surface area contributed by atoms with E-state index in [-0.39, 0.29) is 13.4 Å². The van der Waals surface area contributed by atoms with Gasteiger partial charge in [0.25, 0.3) is 6.71 Å². The Morgan fingerprint density at radius 3 is 1.64 bits per heavy atom. The summed E-state index contributed by atoms with van der Waals surface area (Å²) in [5.74, 6) is 1.95. The molecule has 1 spiro atoms. The summed E-state index contributed by atoms with van der Waals surface area (Å²) in [6.07, 6.45) is 0. The SMILES string of the molecule is c1ccc(-n2c3ccccc3c3ccc(-c4ccc(B5c6ccccc6[Si]6(c7ccccc75)c5ccccc5B5c7ccccc7Oc7cccc6c75)cc4)cc32)cc1. The van der Waals surface area contributed by atoms with Gasteiger partial charge in [0.2, 0.25) is 6.71 Å². The van der Waals surface area contributed by atoms with Crippen molar-refractivity contribution in [1.82, 2.24) is 4.57 Å². The molecule has 0 atom stereocenters. The van der Waals surface area contributed by atoms with Crippen LogP contribution in [0.15, 0.2) is 212 Å². The van der Waals surface area contributed by atoms with E-state index in [1.165, 1.54) is 92.1 Å². The lowest BCUT2D eigenvalue weighted by atomic mass is 9.35. The summed E-state index contributed by atoms with van der Waals surface area (Å²) in [5, 5.41) is 8.43. The van der Waals surface area contributed by atoms with Gasteiger partial charge in [-0.1, -0.05) is 198 Å². The van der Waals surface area contributed by atoms with E-state index in [0.29, 0.717) is 0 Å². The van der Waals surface area contributed by atoms with E-state index in [1.54, 1.807) is 0 Å². The molecule has 0 saturated heterocycles. The smallest absolute Gasteiger partial charge is 0.250 e. The van der Waals surface area contributed by atoms with E-state index >= 15 is 0 Å². The van der Waals surface area contributed by atoms with Gasteiger partial charge in [-0.3, -0.25) is 0 Å². The minimum Gasteiger partial charge on any atom is -0.458 e. The zero-order valence-electron chi connectivity index (χ0n) is 32.2. The van der Waals surface area contributed by atoms with Gasteiger partial charge in [0, 0.05) is 16.5 Å². The highest BCUT2D eigenvalue weighted by Crippen LogP contribution is 2.35. The molecule has 3 aliphatic rings. The summed E-state index contributed by atoms with van der Waals surface area (Å²) in [5.41, 5.74) is 14.2. The molecule has 9 aromatic carbocycles. The van der Waals surface area contributed by atoms with Crippen LogP contribution >= 0.6 is 0 Å². The average molecular weight is 764 g/mol. The summed E-state index contributed by atoms with van der Waals surface area (Å²) in [7, 11) is -2.82. The van der Waals surface area contributed by atoms with E-state index in [9.17, 15) is 0 Å². The maximum absolute atomic E-state index is 6.78. The van der Waals surface area contributed by atoms with Gasteiger partial charge in [-0.25, -0.2) is 0 Å². The zero-order valence-corrected chi connectivity index (χ0v) is 33.2. The Morgan fingerprint density at radius 2 is 0.915 bits per heavy atom. The Labute approximate surface area is 345 Å². The molecule has 0 bridgehead atoms. The first-order valence-electron chi connectivity index (χ1n) is 20.7. The van der Waals surface area contributed by atoms with Crippen LogP contribution in [0.3, 0.4) is 0 Å². The molecular formula is C54H35B2NOSi. The molecule has 5 heteroatoms. The fourth-order valence-electron chi connectivity index (χ4n) is 11.2. The molecule has 59 heavy (non-hydrogen) atoms. The van der Waals surface area contributed by atoms with Crippen molar-refractivity contribution in [1.29, 1.82) is 0 Å². The number of hydrogen-bond donors (Lipinski definition) is 0. The van der Waals surface area contributed by atoms with Crippen LogP contribution in [-0.2, 0) is 0 Å². The molecule has 0 radical (unpaired) electrons. The molecule has 0 saturated carbocycles. The molecule has 0 unspecified atom stereocenters. The van der Waals surface area contributed by atoms with Crippen molar-refractivity contribution in [2.24, 2.45) is 0 Å². The van der Waals surface area contributed by atoms with Crippen molar-refractivity contribution in [3.8, 4) is 28.3 Å². The van der Waals surface area contributed by atoms with Crippen molar-refractivity contribution in [2.45, 2.75) is 0 Å². The van der Waals surface area contributed by atoms with Crippen LogP contribution in [0, 0.1) is 0 Å². The Morgan fingerprint density at radius 1 is 0.373 bits per heavy atom. The molecule has 0 aliphatic carbocycles. The maximum atomic E-state index is 6.78. The van der Waals surface area contributed by atoms with Gasteiger partial charge in [0.05, 0.1) is 11.0 Å². The maximum Gasteiger partial charge on any atom is 0.250 e. The van der Waals surface area contributed by atoms with Gasteiger partial charge in [0.1, 0.15) is 11.5 Å². The lowest BCUT2D eigenvalue weighted by molar-refractivity contribution is 0.488. The molecule has 1 aromatic heterocycles. The normalized spacial score (nSPS) is 14.0. The second-order valence-electron chi connectivity index (χ2n) is 16.3. The van der Waals surface area contributed by atoms with Gasteiger partial charge in [-0.05, 0) is 79.2 Å².